The van der Waals surface area contributed by atoms with Crippen LogP contribution in [-0.4, -0.2) is 44.3 Å². The van der Waals surface area contributed by atoms with E-state index in [1.807, 2.05) is 67.6 Å². The van der Waals surface area contributed by atoms with Crippen molar-refractivity contribution in [2.24, 2.45) is 0 Å². The first-order chi connectivity index (χ1) is 19.8. The number of carbonyl (C=O) groups excluding carboxylic acids is 2. The number of hydrogen-bond acceptors (Lipinski definition) is 4. The van der Waals surface area contributed by atoms with Gasteiger partial charge < -0.3 is 10.2 Å². The van der Waals surface area contributed by atoms with Gasteiger partial charge in [-0.3, -0.25) is 13.9 Å². The molecule has 4 aromatic rings. The lowest BCUT2D eigenvalue weighted by Crippen LogP contribution is -2.53. The average molecular weight is 590 g/mol. The Bertz CT molecular complexity index is 1530. The van der Waals surface area contributed by atoms with Crippen molar-refractivity contribution in [3.63, 3.8) is 0 Å². The summed E-state index contributed by atoms with van der Waals surface area (Å²) in [6.07, 6.45) is 0.262. The number of nitrogens with zero attached hydrogens (tertiary/aromatic N) is 2. The molecule has 41 heavy (non-hydrogen) atoms. The average Bonchev–Trinajstić information content (AvgIpc) is 2.99. The van der Waals surface area contributed by atoms with Crippen molar-refractivity contribution < 1.29 is 18.0 Å². The van der Waals surface area contributed by atoms with E-state index in [2.05, 4.69) is 5.32 Å². The molecule has 2 amide bonds. The Morgan fingerprint density at radius 3 is 1.88 bits per heavy atom. The molecule has 0 spiro atoms. The van der Waals surface area contributed by atoms with E-state index in [1.165, 1.54) is 17.0 Å². The molecule has 4 aromatic carbocycles. The van der Waals surface area contributed by atoms with Crippen molar-refractivity contribution in [1.29, 1.82) is 0 Å². The van der Waals surface area contributed by atoms with Crippen molar-refractivity contribution in [2.45, 2.75) is 30.8 Å². The summed E-state index contributed by atoms with van der Waals surface area (Å²) in [4.78, 5) is 29.2. The quantitative estimate of drug-likeness (QED) is 0.243. The van der Waals surface area contributed by atoms with Crippen LogP contribution in [0.4, 0.5) is 5.69 Å². The highest BCUT2D eigenvalue weighted by molar-refractivity contribution is 7.92. The third kappa shape index (κ3) is 7.74. The van der Waals surface area contributed by atoms with E-state index in [0.717, 1.165) is 15.4 Å². The van der Waals surface area contributed by atoms with Crippen LogP contribution in [0.15, 0.2) is 120 Å². The highest BCUT2D eigenvalue weighted by Gasteiger charge is 2.34. The van der Waals surface area contributed by atoms with Gasteiger partial charge in [-0.2, -0.15) is 0 Å². The molecule has 9 heteroatoms. The summed E-state index contributed by atoms with van der Waals surface area (Å²) in [7, 11) is -4.14. The number of benzene rings is 4. The maximum Gasteiger partial charge on any atom is 0.264 e. The molecular formula is C32H32ClN3O4S. The van der Waals surface area contributed by atoms with E-state index in [9.17, 15) is 18.0 Å². The molecule has 0 saturated carbocycles. The number of likely N-dealkylation sites (N-methyl/N-ethyl adjacent to an activating group) is 1. The lowest BCUT2D eigenvalue weighted by Gasteiger charge is -2.33. The number of rotatable bonds is 12. The van der Waals surface area contributed by atoms with Gasteiger partial charge in [-0.15, -0.1) is 0 Å². The number of hydrogen-bond donors (Lipinski definition) is 1. The first kappa shape index (κ1) is 29.8. The van der Waals surface area contributed by atoms with E-state index in [0.29, 0.717) is 11.6 Å². The number of sulfonamides is 1. The zero-order valence-electron chi connectivity index (χ0n) is 22.7. The third-order valence-corrected chi connectivity index (χ3v) is 8.58. The summed E-state index contributed by atoms with van der Waals surface area (Å²) in [5, 5.41) is 3.29. The van der Waals surface area contributed by atoms with Gasteiger partial charge in [0.25, 0.3) is 10.0 Å². The van der Waals surface area contributed by atoms with Crippen molar-refractivity contribution in [2.75, 3.05) is 17.4 Å². The predicted molar refractivity (Wildman–Crippen MR) is 162 cm³/mol. The molecule has 4 rings (SSSR count). The zero-order chi connectivity index (χ0) is 29.2. The molecule has 0 fully saturated rings. The number of anilines is 1. The zero-order valence-corrected chi connectivity index (χ0v) is 24.3. The second-order valence-electron chi connectivity index (χ2n) is 9.41. The standard InChI is InChI=1S/C32H32ClN3O4S/c1-2-34-32(38)30(22-25-12-6-3-7-13-25)35(23-26-14-8-4-9-15-26)31(37)24-36(28-20-18-27(33)19-21-28)41(39,40)29-16-10-5-11-17-29/h3-21,30H,2,22-24H2,1H3,(H,34,38)/t30-/m0/s1. The van der Waals surface area contributed by atoms with Gasteiger partial charge in [0.15, 0.2) is 0 Å². The van der Waals surface area contributed by atoms with Crippen LogP contribution in [0.2, 0.25) is 5.02 Å². The molecule has 0 unspecified atom stereocenters. The topological polar surface area (TPSA) is 86.8 Å². The van der Waals surface area contributed by atoms with Crippen molar-refractivity contribution in [1.82, 2.24) is 10.2 Å². The predicted octanol–water partition coefficient (Wildman–Crippen LogP) is 5.31. The molecule has 212 valence electrons. The minimum Gasteiger partial charge on any atom is -0.355 e. The van der Waals surface area contributed by atoms with Gasteiger partial charge in [-0.25, -0.2) is 8.42 Å². The summed E-state index contributed by atoms with van der Waals surface area (Å²) in [5.41, 5.74) is 1.97. The Kier molecular flexibility index (Phi) is 10.2. The Hall–Kier alpha value is -4.14. The normalized spacial score (nSPS) is 11.9. The molecule has 7 nitrogen and oxygen atoms in total. The number of halogens is 1. The first-order valence-corrected chi connectivity index (χ1v) is 15.1. The Labute approximate surface area is 246 Å². The molecule has 0 aliphatic rings. The van der Waals surface area contributed by atoms with E-state index in [-0.39, 0.29) is 29.5 Å². The van der Waals surface area contributed by atoms with Crippen LogP contribution in [0.5, 0.6) is 0 Å². The van der Waals surface area contributed by atoms with Crippen molar-refractivity contribution in [3.8, 4) is 0 Å². The maximum absolute atomic E-state index is 14.2. The van der Waals surface area contributed by atoms with Gasteiger partial charge >= 0.3 is 0 Å². The Morgan fingerprint density at radius 1 is 0.780 bits per heavy atom. The van der Waals surface area contributed by atoms with E-state index in [1.54, 1.807) is 42.5 Å². The largest absolute Gasteiger partial charge is 0.355 e. The van der Waals surface area contributed by atoms with Crippen LogP contribution in [-0.2, 0) is 32.6 Å². The fraction of sp³-hybridized carbons (Fsp3) is 0.188. The number of nitrogens with one attached hydrogen (secondary N) is 1. The third-order valence-electron chi connectivity index (χ3n) is 6.54. The van der Waals surface area contributed by atoms with Crippen LogP contribution in [0.3, 0.4) is 0 Å². The van der Waals surface area contributed by atoms with Gasteiger partial charge in [0.05, 0.1) is 10.6 Å². The fourth-order valence-corrected chi connectivity index (χ4v) is 6.04. The molecule has 0 radical (unpaired) electrons. The number of carbonyl (C=O) groups is 2. The molecule has 0 bridgehead atoms. The lowest BCUT2D eigenvalue weighted by atomic mass is 10.0. The first-order valence-electron chi connectivity index (χ1n) is 13.3. The number of amides is 2. The van der Waals surface area contributed by atoms with E-state index < -0.39 is 28.5 Å². The molecule has 0 aliphatic carbocycles. The van der Waals surface area contributed by atoms with Gasteiger partial charge in [-0.1, -0.05) is 90.5 Å². The van der Waals surface area contributed by atoms with Crippen LogP contribution in [0, 0.1) is 0 Å². The highest BCUT2D eigenvalue weighted by Crippen LogP contribution is 2.26. The van der Waals surface area contributed by atoms with Gasteiger partial charge in [0.2, 0.25) is 11.8 Å². The minimum atomic E-state index is -4.14. The molecule has 0 aromatic heterocycles. The maximum atomic E-state index is 14.2. The molecule has 1 N–H and O–H groups in total. The van der Waals surface area contributed by atoms with Crippen LogP contribution in [0.25, 0.3) is 0 Å². The fourth-order valence-electron chi connectivity index (χ4n) is 4.48. The van der Waals surface area contributed by atoms with Gasteiger partial charge in [0, 0.05) is 24.5 Å². The van der Waals surface area contributed by atoms with E-state index >= 15 is 0 Å². The van der Waals surface area contributed by atoms with Gasteiger partial charge in [0.1, 0.15) is 12.6 Å². The highest BCUT2D eigenvalue weighted by atomic mass is 35.5. The van der Waals surface area contributed by atoms with Crippen LogP contribution in [0.1, 0.15) is 18.1 Å². The SMILES string of the molecule is CCNC(=O)[C@H](Cc1ccccc1)N(Cc1ccccc1)C(=O)CN(c1ccc(Cl)cc1)S(=O)(=O)c1ccccc1. The van der Waals surface area contributed by atoms with Crippen molar-refractivity contribution in [3.05, 3.63) is 131 Å². The summed E-state index contributed by atoms with van der Waals surface area (Å²) >= 11 is 6.09. The summed E-state index contributed by atoms with van der Waals surface area (Å²) in [6.45, 7) is 1.80. The molecule has 0 aliphatic heterocycles. The Balaban J connectivity index is 1.77. The molecule has 0 heterocycles. The summed E-state index contributed by atoms with van der Waals surface area (Å²) in [6, 6.07) is 32.1. The van der Waals surface area contributed by atoms with Crippen LogP contribution < -0.4 is 9.62 Å². The Morgan fingerprint density at radius 2 is 1.32 bits per heavy atom. The molecule has 0 saturated heterocycles. The monoisotopic (exact) mass is 589 g/mol. The lowest BCUT2D eigenvalue weighted by molar-refractivity contribution is -0.140. The summed E-state index contributed by atoms with van der Waals surface area (Å²) < 4.78 is 28.8. The van der Waals surface area contributed by atoms with Gasteiger partial charge in [-0.05, 0) is 54.4 Å². The van der Waals surface area contributed by atoms with E-state index in [4.69, 9.17) is 11.6 Å². The molecular weight excluding hydrogens is 558 g/mol. The second kappa shape index (κ2) is 14.0. The molecule has 1 atom stereocenters. The smallest absolute Gasteiger partial charge is 0.264 e. The minimum absolute atomic E-state index is 0.0434. The van der Waals surface area contributed by atoms with Crippen LogP contribution >= 0.6 is 11.6 Å². The van der Waals surface area contributed by atoms with Crippen molar-refractivity contribution >= 4 is 39.1 Å². The second-order valence-corrected chi connectivity index (χ2v) is 11.7. The summed E-state index contributed by atoms with van der Waals surface area (Å²) in [5.74, 6) is -0.833.